The molecule has 4 heteroatoms. The van der Waals surface area contributed by atoms with Crippen molar-refractivity contribution in [2.75, 3.05) is 18.8 Å². The van der Waals surface area contributed by atoms with Crippen LogP contribution in [0.25, 0.3) is 0 Å². The molecule has 0 saturated carbocycles. The molecule has 0 atom stereocenters. The van der Waals surface area contributed by atoms with E-state index in [-0.39, 0.29) is 5.91 Å². The lowest BCUT2D eigenvalue weighted by atomic mass is 10.1. The van der Waals surface area contributed by atoms with Crippen molar-refractivity contribution in [3.63, 3.8) is 0 Å². The first kappa shape index (κ1) is 9.52. The molecule has 0 unspecified atom stereocenters. The van der Waals surface area contributed by atoms with Crippen molar-refractivity contribution in [1.29, 1.82) is 0 Å². The number of amides is 1. The van der Waals surface area contributed by atoms with E-state index in [9.17, 15) is 4.79 Å². The third-order valence-corrected chi connectivity index (χ3v) is 3.06. The molecule has 1 aromatic carbocycles. The molecule has 2 rings (SSSR count). The van der Waals surface area contributed by atoms with Crippen LogP contribution in [-0.2, 0) is 0 Å². The van der Waals surface area contributed by atoms with Gasteiger partial charge in [-0.1, -0.05) is 0 Å². The largest absolute Gasteiger partial charge is 0.399 e. The Labute approximate surface area is 91.0 Å². The van der Waals surface area contributed by atoms with Crippen LogP contribution in [0.3, 0.4) is 0 Å². The van der Waals surface area contributed by atoms with Crippen LogP contribution < -0.4 is 5.73 Å². The van der Waals surface area contributed by atoms with Gasteiger partial charge in [0.15, 0.2) is 0 Å². The van der Waals surface area contributed by atoms with E-state index in [2.05, 4.69) is 15.9 Å². The number of carbonyl (C=O) groups excluding carboxylic acids is 1. The molecule has 0 spiro atoms. The number of benzene rings is 1. The van der Waals surface area contributed by atoms with Gasteiger partial charge in [0.05, 0.1) is 5.56 Å². The van der Waals surface area contributed by atoms with E-state index in [0.717, 1.165) is 24.0 Å². The highest BCUT2D eigenvalue weighted by molar-refractivity contribution is 9.10. The van der Waals surface area contributed by atoms with Crippen LogP contribution in [-0.4, -0.2) is 23.9 Å². The zero-order valence-electron chi connectivity index (χ0n) is 7.66. The molecule has 74 valence electrons. The van der Waals surface area contributed by atoms with Gasteiger partial charge in [-0.2, -0.15) is 0 Å². The summed E-state index contributed by atoms with van der Waals surface area (Å²) in [6, 6.07) is 5.30. The van der Waals surface area contributed by atoms with Crippen LogP contribution >= 0.6 is 15.9 Å². The summed E-state index contributed by atoms with van der Waals surface area (Å²) < 4.78 is 0.809. The minimum atomic E-state index is 0.0652. The Morgan fingerprint density at radius 3 is 2.71 bits per heavy atom. The zero-order valence-corrected chi connectivity index (χ0v) is 9.25. The molecule has 1 heterocycles. The normalized spacial score (nSPS) is 15.1. The van der Waals surface area contributed by atoms with Crippen LogP contribution in [0.4, 0.5) is 5.69 Å². The van der Waals surface area contributed by atoms with Gasteiger partial charge in [0.25, 0.3) is 5.91 Å². The van der Waals surface area contributed by atoms with E-state index in [0.29, 0.717) is 11.3 Å². The number of hydrogen-bond donors (Lipinski definition) is 1. The monoisotopic (exact) mass is 254 g/mol. The van der Waals surface area contributed by atoms with Crippen molar-refractivity contribution in [2.24, 2.45) is 0 Å². The SMILES string of the molecule is Nc1ccc(Br)c(C(=O)N2CCC2)c1. The second kappa shape index (κ2) is 3.61. The smallest absolute Gasteiger partial charge is 0.255 e. The van der Waals surface area contributed by atoms with Gasteiger partial charge < -0.3 is 10.6 Å². The van der Waals surface area contributed by atoms with Crippen molar-refractivity contribution in [3.05, 3.63) is 28.2 Å². The highest BCUT2D eigenvalue weighted by atomic mass is 79.9. The second-order valence-electron chi connectivity index (χ2n) is 3.39. The molecule has 1 aliphatic heterocycles. The zero-order chi connectivity index (χ0) is 10.1. The molecule has 1 saturated heterocycles. The maximum Gasteiger partial charge on any atom is 0.255 e. The van der Waals surface area contributed by atoms with E-state index >= 15 is 0 Å². The number of rotatable bonds is 1. The molecule has 1 fully saturated rings. The van der Waals surface area contributed by atoms with Crippen molar-refractivity contribution in [1.82, 2.24) is 4.90 Å². The average Bonchev–Trinajstić information content (AvgIpc) is 2.06. The van der Waals surface area contributed by atoms with Crippen LogP contribution in [0.2, 0.25) is 0 Å². The summed E-state index contributed by atoms with van der Waals surface area (Å²) in [5.74, 6) is 0.0652. The standard InChI is InChI=1S/C10H11BrN2O/c11-9-3-2-7(12)6-8(9)10(14)13-4-1-5-13/h2-3,6H,1,4-5,12H2. The lowest BCUT2D eigenvalue weighted by molar-refractivity contribution is 0.0651. The summed E-state index contributed by atoms with van der Waals surface area (Å²) in [6.07, 6.45) is 1.10. The topological polar surface area (TPSA) is 46.3 Å². The molecular weight excluding hydrogens is 244 g/mol. The summed E-state index contributed by atoms with van der Waals surface area (Å²) in [5.41, 5.74) is 6.91. The molecule has 0 bridgehead atoms. The fraction of sp³-hybridized carbons (Fsp3) is 0.300. The number of nitrogens with zero attached hydrogens (tertiary/aromatic N) is 1. The molecular formula is C10H11BrN2O. The van der Waals surface area contributed by atoms with E-state index in [1.807, 2.05) is 11.0 Å². The van der Waals surface area contributed by atoms with Crippen molar-refractivity contribution in [3.8, 4) is 0 Å². The number of nitrogens with two attached hydrogens (primary N) is 1. The number of carbonyl (C=O) groups is 1. The third kappa shape index (κ3) is 1.62. The van der Waals surface area contributed by atoms with Gasteiger partial charge in [-0.05, 0) is 40.5 Å². The Balaban J connectivity index is 2.29. The molecule has 0 radical (unpaired) electrons. The van der Waals surface area contributed by atoms with Crippen molar-refractivity contribution < 1.29 is 4.79 Å². The Hall–Kier alpha value is -1.03. The Morgan fingerprint density at radius 1 is 1.43 bits per heavy atom. The molecule has 1 aliphatic rings. The fourth-order valence-electron chi connectivity index (χ4n) is 1.40. The maximum absolute atomic E-state index is 11.8. The molecule has 3 nitrogen and oxygen atoms in total. The van der Waals surface area contributed by atoms with E-state index in [4.69, 9.17) is 5.73 Å². The van der Waals surface area contributed by atoms with E-state index in [1.165, 1.54) is 0 Å². The Morgan fingerprint density at radius 2 is 2.14 bits per heavy atom. The molecule has 0 aromatic heterocycles. The summed E-state index contributed by atoms with van der Waals surface area (Å²) in [4.78, 5) is 13.7. The van der Waals surface area contributed by atoms with Crippen molar-refractivity contribution in [2.45, 2.75) is 6.42 Å². The summed E-state index contributed by atoms with van der Waals surface area (Å²) in [7, 11) is 0. The van der Waals surface area contributed by atoms with Gasteiger partial charge in [-0.25, -0.2) is 0 Å². The highest BCUT2D eigenvalue weighted by Crippen LogP contribution is 2.22. The average molecular weight is 255 g/mol. The summed E-state index contributed by atoms with van der Waals surface area (Å²) in [6.45, 7) is 1.72. The summed E-state index contributed by atoms with van der Waals surface area (Å²) in [5, 5.41) is 0. The van der Waals surface area contributed by atoms with Gasteiger partial charge >= 0.3 is 0 Å². The Kier molecular flexibility index (Phi) is 2.46. The van der Waals surface area contributed by atoms with Crippen LogP contribution in [0, 0.1) is 0 Å². The molecule has 2 N–H and O–H groups in total. The van der Waals surface area contributed by atoms with Gasteiger partial charge in [0.2, 0.25) is 0 Å². The van der Waals surface area contributed by atoms with Gasteiger partial charge in [0.1, 0.15) is 0 Å². The first-order chi connectivity index (χ1) is 6.68. The number of hydrogen-bond acceptors (Lipinski definition) is 2. The van der Waals surface area contributed by atoms with Gasteiger partial charge in [-0.3, -0.25) is 4.79 Å². The van der Waals surface area contributed by atoms with Gasteiger partial charge in [0, 0.05) is 23.2 Å². The lowest BCUT2D eigenvalue weighted by Gasteiger charge is -2.31. The predicted octanol–water partition coefficient (Wildman–Crippen LogP) is 1.88. The minimum absolute atomic E-state index is 0.0652. The number of halogens is 1. The van der Waals surface area contributed by atoms with Crippen LogP contribution in [0.1, 0.15) is 16.8 Å². The minimum Gasteiger partial charge on any atom is -0.399 e. The number of nitrogen functional groups attached to an aromatic ring is 1. The van der Waals surface area contributed by atoms with Crippen LogP contribution in [0.5, 0.6) is 0 Å². The van der Waals surface area contributed by atoms with Gasteiger partial charge in [-0.15, -0.1) is 0 Å². The molecule has 1 amide bonds. The molecule has 1 aromatic rings. The van der Waals surface area contributed by atoms with E-state index in [1.54, 1.807) is 12.1 Å². The molecule has 14 heavy (non-hydrogen) atoms. The fourth-order valence-corrected chi connectivity index (χ4v) is 1.81. The second-order valence-corrected chi connectivity index (χ2v) is 4.24. The predicted molar refractivity (Wildman–Crippen MR) is 59.1 cm³/mol. The molecule has 0 aliphatic carbocycles. The first-order valence-electron chi connectivity index (χ1n) is 4.53. The number of anilines is 1. The van der Waals surface area contributed by atoms with Crippen LogP contribution in [0.15, 0.2) is 22.7 Å². The quantitative estimate of drug-likeness (QED) is 0.779. The first-order valence-corrected chi connectivity index (χ1v) is 5.32. The lowest BCUT2D eigenvalue weighted by Crippen LogP contribution is -2.42. The third-order valence-electron chi connectivity index (χ3n) is 2.36. The highest BCUT2D eigenvalue weighted by Gasteiger charge is 2.23. The van der Waals surface area contributed by atoms with E-state index < -0.39 is 0 Å². The maximum atomic E-state index is 11.8. The Bertz CT molecular complexity index is 374. The number of likely N-dealkylation sites (tertiary alicyclic amines) is 1. The van der Waals surface area contributed by atoms with Crippen molar-refractivity contribution >= 4 is 27.5 Å². The summed E-state index contributed by atoms with van der Waals surface area (Å²) >= 11 is 3.35.